The Kier molecular flexibility index (Phi) is 4.65. The van der Waals surface area contributed by atoms with Crippen molar-refractivity contribution in [2.75, 3.05) is 6.54 Å². The number of rotatable bonds is 5. The maximum absolute atomic E-state index is 10.7. The molecule has 82 valence electrons. The van der Waals surface area contributed by atoms with Gasteiger partial charge in [0.05, 0.1) is 5.56 Å². The van der Waals surface area contributed by atoms with E-state index in [0.29, 0.717) is 11.5 Å². The molecule has 4 heteroatoms. The maximum atomic E-state index is 10.7. The van der Waals surface area contributed by atoms with Gasteiger partial charge in [0, 0.05) is 11.4 Å². The Labute approximate surface area is 94.0 Å². The summed E-state index contributed by atoms with van der Waals surface area (Å²) >= 11 is 1.47. The van der Waals surface area contributed by atoms with E-state index in [1.807, 2.05) is 6.07 Å². The van der Waals surface area contributed by atoms with Crippen LogP contribution in [0, 0.1) is 5.92 Å². The molecule has 1 aromatic rings. The molecule has 0 saturated carbocycles. The van der Waals surface area contributed by atoms with Crippen molar-refractivity contribution in [3.63, 3.8) is 0 Å². The number of benzene rings is 1. The molecule has 0 fully saturated rings. The number of carbonyl (C=O) groups is 1. The molecule has 1 aromatic carbocycles. The van der Waals surface area contributed by atoms with Crippen molar-refractivity contribution in [1.29, 1.82) is 0 Å². The molecular formula is C11H15NO2S. The van der Waals surface area contributed by atoms with Crippen molar-refractivity contribution < 1.29 is 9.90 Å². The molecule has 0 aliphatic heterocycles. The minimum atomic E-state index is -0.888. The number of carboxylic acid groups (broad SMARTS) is 1. The third-order valence-electron chi connectivity index (χ3n) is 1.76. The second-order valence-electron chi connectivity index (χ2n) is 3.68. The van der Waals surface area contributed by atoms with E-state index < -0.39 is 5.97 Å². The van der Waals surface area contributed by atoms with Crippen LogP contribution in [0.1, 0.15) is 24.2 Å². The van der Waals surface area contributed by atoms with Crippen LogP contribution in [0.5, 0.6) is 0 Å². The topological polar surface area (TPSA) is 49.3 Å². The Balaban J connectivity index is 2.54. The van der Waals surface area contributed by atoms with E-state index in [0.717, 1.165) is 11.4 Å². The van der Waals surface area contributed by atoms with Gasteiger partial charge in [0.15, 0.2) is 0 Å². The largest absolute Gasteiger partial charge is 0.478 e. The van der Waals surface area contributed by atoms with Crippen LogP contribution in [0.2, 0.25) is 0 Å². The maximum Gasteiger partial charge on any atom is 0.335 e. The average Bonchev–Trinajstić information content (AvgIpc) is 2.17. The number of hydrogen-bond donors (Lipinski definition) is 2. The van der Waals surface area contributed by atoms with Crippen molar-refractivity contribution in [2.24, 2.45) is 5.92 Å². The Morgan fingerprint density at radius 2 is 2.27 bits per heavy atom. The lowest BCUT2D eigenvalue weighted by molar-refractivity contribution is 0.0696. The van der Waals surface area contributed by atoms with Crippen LogP contribution in [0.4, 0.5) is 0 Å². The van der Waals surface area contributed by atoms with Gasteiger partial charge < -0.3 is 5.11 Å². The lowest BCUT2D eigenvalue weighted by Gasteiger charge is -2.06. The molecule has 1 rings (SSSR count). The molecule has 0 heterocycles. The van der Waals surface area contributed by atoms with Gasteiger partial charge in [-0.15, -0.1) is 0 Å². The smallest absolute Gasteiger partial charge is 0.335 e. The van der Waals surface area contributed by atoms with Gasteiger partial charge in [-0.3, -0.25) is 4.72 Å². The molecule has 3 nitrogen and oxygen atoms in total. The summed E-state index contributed by atoms with van der Waals surface area (Å²) in [6, 6.07) is 6.91. The van der Waals surface area contributed by atoms with Crippen LogP contribution in [0.15, 0.2) is 29.2 Å². The molecule has 15 heavy (non-hydrogen) atoms. The molecule has 0 saturated heterocycles. The Morgan fingerprint density at radius 3 is 2.87 bits per heavy atom. The minimum Gasteiger partial charge on any atom is -0.478 e. The quantitative estimate of drug-likeness (QED) is 0.756. The second-order valence-corrected chi connectivity index (χ2v) is 4.64. The predicted octanol–water partition coefficient (Wildman–Crippen LogP) is 2.64. The van der Waals surface area contributed by atoms with E-state index in [1.54, 1.807) is 18.2 Å². The highest BCUT2D eigenvalue weighted by Crippen LogP contribution is 2.16. The van der Waals surface area contributed by atoms with E-state index in [9.17, 15) is 4.79 Å². The molecule has 0 aromatic heterocycles. The van der Waals surface area contributed by atoms with Gasteiger partial charge >= 0.3 is 5.97 Å². The van der Waals surface area contributed by atoms with E-state index in [-0.39, 0.29) is 0 Å². The minimum absolute atomic E-state index is 0.325. The number of hydrogen-bond acceptors (Lipinski definition) is 3. The lowest BCUT2D eigenvalue weighted by atomic mass is 10.2. The zero-order valence-electron chi connectivity index (χ0n) is 8.86. The first kappa shape index (κ1) is 12.1. The molecule has 0 aliphatic rings. The first-order chi connectivity index (χ1) is 7.09. The highest BCUT2D eigenvalue weighted by atomic mass is 32.2. The highest BCUT2D eigenvalue weighted by molar-refractivity contribution is 7.97. The molecule has 0 spiro atoms. The van der Waals surface area contributed by atoms with Crippen LogP contribution >= 0.6 is 11.9 Å². The summed E-state index contributed by atoms with van der Waals surface area (Å²) < 4.78 is 3.19. The summed E-state index contributed by atoms with van der Waals surface area (Å²) in [5.41, 5.74) is 0.325. The van der Waals surface area contributed by atoms with Crippen molar-refractivity contribution in [2.45, 2.75) is 18.7 Å². The fourth-order valence-corrected chi connectivity index (χ4v) is 1.90. The van der Waals surface area contributed by atoms with Gasteiger partial charge in [-0.1, -0.05) is 19.9 Å². The van der Waals surface area contributed by atoms with Gasteiger partial charge in [0.25, 0.3) is 0 Å². The average molecular weight is 225 g/mol. The summed E-state index contributed by atoms with van der Waals surface area (Å²) in [7, 11) is 0. The monoisotopic (exact) mass is 225 g/mol. The fourth-order valence-electron chi connectivity index (χ4n) is 0.984. The first-order valence-electron chi connectivity index (χ1n) is 4.82. The Hall–Kier alpha value is -1.00. The van der Waals surface area contributed by atoms with Gasteiger partial charge in [-0.05, 0) is 36.1 Å². The van der Waals surface area contributed by atoms with Crippen LogP contribution in [0.3, 0.4) is 0 Å². The highest BCUT2D eigenvalue weighted by Gasteiger charge is 2.03. The van der Waals surface area contributed by atoms with E-state index >= 15 is 0 Å². The Bertz CT molecular complexity index is 339. The molecule has 2 N–H and O–H groups in total. The molecule has 0 aliphatic carbocycles. The second kappa shape index (κ2) is 5.78. The van der Waals surface area contributed by atoms with Crippen LogP contribution in [-0.4, -0.2) is 17.6 Å². The summed E-state index contributed by atoms with van der Waals surface area (Å²) in [4.78, 5) is 11.6. The first-order valence-corrected chi connectivity index (χ1v) is 5.64. The summed E-state index contributed by atoms with van der Waals surface area (Å²) in [5, 5.41) is 8.79. The van der Waals surface area contributed by atoms with Crippen LogP contribution < -0.4 is 4.72 Å². The van der Waals surface area contributed by atoms with E-state index in [1.165, 1.54) is 11.9 Å². The summed E-state index contributed by atoms with van der Waals surface area (Å²) in [6.07, 6.45) is 0. The van der Waals surface area contributed by atoms with E-state index in [2.05, 4.69) is 18.6 Å². The van der Waals surface area contributed by atoms with Crippen LogP contribution in [0.25, 0.3) is 0 Å². The summed E-state index contributed by atoms with van der Waals surface area (Å²) in [6.45, 7) is 5.16. The molecule has 0 atom stereocenters. The zero-order chi connectivity index (χ0) is 11.3. The SMILES string of the molecule is CC(C)CNSc1cccc(C(=O)O)c1. The number of nitrogens with one attached hydrogen (secondary N) is 1. The zero-order valence-corrected chi connectivity index (χ0v) is 9.67. The number of aromatic carboxylic acids is 1. The Morgan fingerprint density at radius 1 is 1.53 bits per heavy atom. The third kappa shape index (κ3) is 4.36. The van der Waals surface area contributed by atoms with Gasteiger partial charge in [0.2, 0.25) is 0 Å². The van der Waals surface area contributed by atoms with Gasteiger partial charge in [-0.2, -0.15) is 0 Å². The van der Waals surface area contributed by atoms with Crippen molar-refractivity contribution in [1.82, 2.24) is 4.72 Å². The molecule has 0 unspecified atom stereocenters. The normalized spacial score (nSPS) is 10.6. The molecule has 0 bridgehead atoms. The van der Waals surface area contributed by atoms with E-state index in [4.69, 9.17) is 5.11 Å². The summed E-state index contributed by atoms with van der Waals surface area (Å²) in [5.74, 6) is -0.304. The van der Waals surface area contributed by atoms with Crippen molar-refractivity contribution in [3.8, 4) is 0 Å². The third-order valence-corrected chi connectivity index (χ3v) is 2.56. The molecular weight excluding hydrogens is 210 g/mol. The molecule has 0 amide bonds. The fraction of sp³-hybridized carbons (Fsp3) is 0.364. The van der Waals surface area contributed by atoms with Crippen LogP contribution in [-0.2, 0) is 0 Å². The van der Waals surface area contributed by atoms with Crippen molar-refractivity contribution in [3.05, 3.63) is 29.8 Å². The number of carboxylic acids is 1. The predicted molar refractivity (Wildman–Crippen MR) is 62.1 cm³/mol. The van der Waals surface area contributed by atoms with Gasteiger partial charge in [0.1, 0.15) is 0 Å². The standard InChI is InChI=1S/C11H15NO2S/c1-8(2)7-12-15-10-5-3-4-9(6-10)11(13)14/h3-6,8,12H,7H2,1-2H3,(H,13,14). The van der Waals surface area contributed by atoms with Gasteiger partial charge in [-0.25, -0.2) is 4.79 Å². The van der Waals surface area contributed by atoms with Crippen molar-refractivity contribution >= 4 is 17.9 Å². The lowest BCUT2D eigenvalue weighted by Crippen LogP contribution is -2.11. The molecule has 0 radical (unpaired) electrons.